The molecule has 0 unspecified atom stereocenters. The van der Waals surface area contributed by atoms with Crippen molar-refractivity contribution >= 4 is 18.6 Å². The Morgan fingerprint density at radius 1 is 0.565 bits per heavy atom. The summed E-state index contributed by atoms with van der Waals surface area (Å²) in [6.07, 6.45) is 21.0. The van der Waals surface area contributed by atoms with Gasteiger partial charge in [0.1, 0.15) is 0 Å². The van der Waals surface area contributed by atoms with Crippen molar-refractivity contribution in [1.29, 1.82) is 0 Å². The second-order valence-corrected chi connectivity index (χ2v) is 6.95. The zero-order valence-electron chi connectivity index (χ0n) is 15.5. The number of aliphatic carboxylic acids is 1. The van der Waals surface area contributed by atoms with Crippen LogP contribution in [0, 0.1) is 0 Å². The summed E-state index contributed by atoms with van der Waals surface area (Å²) < 4.78 is 0. The van der Waals surface area contributed by atoms with Crippen LogP contribution in [0.4, 0.5) is 0 Å². The molecule has 4 heteroatoms. The van der Waals surface area contributed by atoms with Gasteiger partial charge in [-0.25, -0.2) is 0 Å². The fourth-order valence-electron chi connectivity index (χ4n) is 2.86. The Balaban J connectivity index is 0. The minimum Gasteiger partial charge on any atom is -0.550 e. The van der Waals surface area contributed by atoms with E-state index in [2.05, 4.69) is 12.6 Å². The second kappa shape index (κ2) is 23.5. The average molecular weight is 369 g/mol. The Morgan fingerprint density at radius 2 is 0.826 bits per heavy atom. The van der Waals surface area contributed by atoms with E-state index < -0.39 is 5.97 Å². The van der Waals surface area contributed by atoms with Gasteiger partial charge in [-0.15, -0.1) is 0 Å². The number of unbranched alkanes of at least 4 members (excludes halogenated alkanes) is 15. The van der Waals surface area contributed by atoms with Crippen molar-refractivity contribution in [3.8, 4) is 0 Å². The molecule has 0 atom stereocenters. The van der Waals surface area contributed by atoms with Crippen molar-refractivity contribution in [2.24, 2.45) is 0 Å². The smallest absolute Gasteiger partial charge is 0.550 e. The van der Waals surface area contributed by atoms with Crippen molar-refractivity contribution in [2.45, 2.75) is 109 Å². The van der Waals surface area contributed by atoms with Gasteiger partial charge in [0.2, 0.25) is 0 Å². The van der Waals surface area contributed by atoms with Gasteiger partial charge in [-0.1, -0.05) is 89.9 Å². The van der Waals surface area contributed by atoms with Crippen LogP contribution in [-0.4, -0.2) is 11.7 Å². The number of carboxylic acids is 1. The topological polar surface area (TPSA) is 40.1 Å². The summed E-state index contributed by atoms with van der Waals surface area (Å²) in [6, 6.07) is 0. The molecule has 132 valence electrons. The van der Waals surface area contributed by atoms with Crippen LogP contribution in [0.15, 0.2) is 0 Å². The fraction of sp³-hybridized carbons (Fsp3) is 0.947. The van der Waals surface area contributed by atoms with Crippen molar-refractivity contribution in [3.63, 3.8) is 0 Å². The van der Waals surface area contributed by atoms with Crippen molar-refractivity contribution in [2.75, 3.05) is 5.75 Å². The summed E-state index contributed by atoms with van der Waals surface area (Å²) in [4.78, 5) is 10.2. The van der Waals surface area contributed by atoms with Gasteiger partial charge in [-0.05, 0) is 25.0 Å². The molecule has 0 amide bonds. The van der Waals surface area contributed by atoms with Crippen LogP contribution in [0.3, 0.4) is 0 Å². The Kier molecular flexibility index (Phi) is 27.2. The first kappa shape index (κ1) is 26.7. The first-order valence-corrected chi connectivity index (χ1v) is 10.2. The van der Waals surface area contributed by atoms with Crippen LogP contribution in [0.25, 0.3) is 0 Å². The van der Waals surface area contributed by atoms with Gasteiger partial charge in [0.15, 0.2) is 0 Å². The van der Waals surface area contributed by atoms with Crippen molar-refractivity contribution < 1.29 is 61.3 Å². The molecule has 0 aliphatic rings. The largest absolute Gasteiger partial charge is 1.00 e. The van der Waals surface area contributed by atoms with Gasteiger partial charge in [0, 0.05) is 5.97 Å². The van der Waals surface area contributed by atoms with Crippen molar-refractivity contribution in [1.82, 2.24) is 0 Å². The maximum absolute atomic E-state index is 10.2. The number of hydrogen-bond donors (Lipinski definition) is 1. The number of carboxylic acid groups (broad SMARTS) is 1. The molecule has 0 saturated carbocycles. The predicted octanol–water partition coefficient (Wildman–Crippen LogP) is 2.30. The predicted molar refractivity (Wildman–Crippen MR) is 97.3 cm³/mol. The van der Waals surface area contributed by atoms with E-state index >= 15 is 0 Å². The third-order valence-corrected chi connectivity index (χ3v) is 4.61. The summed E-state index contributed by atoms with van der Waals surface area (Å²) in [5.41, 5.74) is 0. The molecular formula is C19H37KO2S. The van der Waals surface area contributed by atoms with Gasteiger partial charge < -0.3 is 9.90 Å². The number of carbonyl (C=O) groups excluding carboxylic acids is 1. The van der Waals surface area contributed by atoms with E-state index in [1.807, 2.05) is 0 Å². The van der Waals surface area contributed by atoms with Crippen LogP contribution < -0.4 is 56.5 Å². The zero-order chi connectivity index (χ0) is 16.3. The Hall–Kier alpha value is 1.46. The van der Waals surface area contributed by atoms with Gasteiger partial charge in [-0.3, -0.25) is 0 Å². The van der Waals surface area contributed by atoms with E-state index in [-0.39, 0.29) is 57.8 Å². The molecule has 0 aliphatic carbocycles. The minimum atomic E-state index is -0.905. The van der Waals surface area contributed by atoms with E-state index in [0.717, 1.165) is 18.6 Å². The summed E-state index contributed by atoms with van der Waals surface area (Å²) in [7, 11) is 0. The second-order valence-electron chi connectivity index (χ2n) is 6.50. The van der Waals surface area contributed by atoms with E-state index in [4.69, 9.17) is 0 Å². The van der Waals surface area contributed by atoms with E-state index in [1.54, 1.807) is 0 Å². The summed E-state index contributed by atoms with van der Waals surface area (Å²) in [5, 5.41) is 10.2. The standard InChI is InChI=1S/C19H38O2S.K/c20-19(21)17-15-13-11-9-7-5-3-1-2-4-6-8-10-12-14-16-18-22;/h22H,1-18H2,(H,20,21);/q;+1/p-1. The molecule has 0 heterocycles. The van der Waals surface area contributed by atoms with Gasteiger partial charge >= 0.3 is 51.4 Å². The van der Waals surface area contributed by atoms with E-state index in [9.17, 15) is 9.90 Å². The molecule has 0 spiro atoms. The van der Waals surface area contributed by atoms with Gasteiger partial charge in [-0.2, -0.15) is 12.6 Å². The molecule has 0 bridgehead atoms. The average Bonchev–Trinajstić information content (AvgIpc) is 2.50. The quantitative estimate of drug-likeness (QED) is 0.229. The molecule has 23 heavy (non-hydrogen) atoms. The van der Waals surface area contributed by atoms with E-state index in [0.29, 0.717) is 0 Å². The fourth-order valence-corrected chi connectivity index (χ4v) is 3.08. The molecule has 0 radical (unpaired) electrons. The third kappa shape index (κ3) is 25.8. The SMILES string of the molecule is O=C([O-])CCCCCCCCCCCCCCCCCCS.[K+]. The van der Waals surface area contributed by atoms with Gasteiger partial charge in [0.05, 0.1) is 0 Å². The molecule has 2 nitrogen and oxygen atoms in total. The number of hydrogen-bond acceptors (Lipinski definition) is 3. The molecule has 0 aromatic carbocycles. The first-order chi connectivity index (χ1) is 10.8. The maximum Gasteiger partial charge on any atom is 1.00 e. The molecule has 0 rings (SSSR count). The number of thiol groups is 1. The molecule has 0 saturated heterocycles. The Labute approximate surface area is 192 Å². The monoisotopic (exact) mass is 368 g/mol. The molecular weight excluding hydrogens is 331 g/mol. The zero-order valence-corrected chi connectivity index (χ0v) is 19.5. The summed E-state index contributed by atoms with van der Waals surface area (Å²) >= 11 is 4.23. The third-order valence-electron chi connectivity index (χ3n) is 4.29. The molecule has 0 fully saturated rings. The van der Waals surface area contributed by atoms with Gasteiger partial charge in [0.25, 0.3) is 0 Å². The molecule has 0 aromatic heterocycles. The summed E-state index contributed by atoms with van der Waals surface area (Å²) in [6.45, 7) is 0. The molecule has 0 N–H and O–H groups in total. The Bertz CT molecular complexity index is 237. The normalized spacial score (nSPS) is 10.5. The maximum atomic E-state index is 10.2. The van der Waals surface area contributed by atoms with Crippen LogP contribution in [-0.2, 0) is 4.79 Å². The summed E-state index contributed by atoms with van der Waals surface area (Å²) in [5.74, 6) is 0.137. The van der Waals surface area contributed by atoms with Crippen LogP contribution >= 0.6 is 12.6 Å². The molecule has 0 aromatic rings. The minimum absolute atomic E-state index is 0. The first-order valence-electron chi connectivity index (χ1n) is 9.58. The van der Waals surface area contributed by atoms with E-state index in [1.165, 1.54) is 89.9 Å². The van der Waals surface area contributed by atoms with Crippen molar-refractivity contribution in [3.05, 3.63) is 0 Å². The van der Waals surface area contributed by atoms with Crippen LogP contribution in [0.1, 0.15) is 109 Å². The number of carbonyl (C=O) groups is 1. The Morgan fingerprint density at radius 3 is 1.09 bits per heavy atom. The van der Waals surface area contributed by atoms with Crippen LogP contribution in [0.5, 0.6) is 0 Å². The number of rotatable bonds is 18. The molecule has 0 aliphatic heterocycles. The van der Waals surface area contributed by atoms with Crippen LogP contribution in [0.2, 0.25) is 0 Å².